The lowest BCUT2D eigenvalue weighted by atomic mass is 9.97. The van der Waals surface area contributed by atoms with Crippen LogP contribution in [0.25, 0.3) is 0 Å². The molecule has 7 nitrogen and oxygen atoms in total. The predicted octanol–water partition coefficient (Wildman–Crippen LogP) is 3.17. The van der Waals surface area contributed by atoms with E-state index in [2.05, 4.69) is 0 Å². The topological polar surface area (TPSA) is 76.2 Å². The fraction of sp³-hybridized carbons (Fsp3) is 0.833. The number of hydrogen-bond donors (Lipinski definition) is 0. The van der Waals surface area contributed by atoms with Gasteiger partial charge in [0.05, 0.1) is 0 Å². The van der Waals surface area contributed by atoms with E-state index in [1.165, 1.54) is 4.90 Å². The van der Waals surface area contributed by atoms with Gasteiger partial charge in [-0.25, -0.2) is 14.5 Å². The van der Waals surface area contributed by atoms with Gasteiger partial charge in [-0.05, 0) is 54.4 Å². The molecule has 0 aromatic carbocycles. The molecule has 25 heavy (non-hydrogen) atoms. The highest BCUT2D eigenvalue weighted by atomic mass is 16.6. The van der Waals surface area contributed by atoms with Crippen LogP contribution in [-0.2, 0) is 14.3 Å². The molecule has 0 bridgehead atoms. The minimum absolute atomic E-state index is 0.0740. The Balaban J connectivity index is 2.03. The standard InChI is InChI=1S/C18H30N2O5/c1-17(2,3)24-15(22)19-9-7-8-13(19)12-10-14(21)20(11-12)16(23)25-18(4,5)6/h12-13H,7-11H2,1-6H3. The van der Waals surface area contributed by atoms with E-state index in [1.807, 2.05) is 20.8 Å². The molecule has 3 amide bonds. The molecular weight excluding hydrogens is 324 g/mol. The van der Waals surface area contributed by atoms with E-state index in [9.17, 15) is 14.4 Å². The Morgan fingerprint density at radius 1 is 1.00 bits per heavy atom. The number of likely N-dealkylation sites (tertiary alicyclic amines) is 2. The monoisotopic (exact) mass is 354 g/mol. The Morgan fingerprint density at radius 2 is 1.56 bits per heavy atom. The second kappa shape index (κ2) is 6.84. The summed E-state index contributed by atoms with van der Waals surface area (Å²) in [4.78, 5) is 39.8. The molecule has 0 spiro atoms. The number of carbonyl (C=O) groups excluding carboxylic acids is 3. The van der Waals surface area contributed by atoms with Gasteiger partial charge in [0.2, 0.25) is 5.91 Å². The normalized spacial score (nSPS) is 24.6. The maximum atomic E-state index is 12.4. The van der Waals surface area contributed by atoms with E-state index in [1.54, 1.807) is 25.7 Å². The average Bonchev–Trinajstić information content (AvgIpc) is 3.00. The summed E-state index contributed by atoms with van der Waals surface area (Å²) >= 11 is 0. The molecule has 0 N–H and O–H groups in total. The summed E-state index contributed by atoms with van der Waals surface area (Å²) in [6, 6.07) is -0.0776. The van der Waals surface area contributed by atoms with Gasteiger partial charge in [-0.1, -0.05) is 0 Å². The quantitative estimate of drug-likeness (QED) is 0.723. The molecule has 2 unspecified atom stereocenters. The fourth-order valence-electron chi connectivity index (χ4n) is 3.32. The van der Waals surface area contributed by atoms with Crippen LogP contribution in [0.1, 0.15) is 60.8 Å². The number of carbonyl (C=O) groups is 3. The zero-order valence-corrected chi connectivity index (χ0v) is 16.1. The molecule has 0 aromatic heterocycles. The van der Waals surface area contributed by atoms with Gasteiger partial charge in [0.1, 0.15) is 11.2 Å². The number of amides is 3. The second-order valence-corrected chi connectivity index (χ2v) is 8.83. The minimum atomic E-state index is -0.647. The average molecular weight is 354 g/mol. The molecular formula is C18H30N2O5. The van der Waals surface area contributed by atoms with E-state index in [4.69, 9.17) is 9.47 Å². The van der Waals surface area contributed by atoms with Crippen LogP contribution in [0.3, 0.4) is 0 Å². The third-order valence-electron chi connectivity index (χ3n) is 4.24. The Morgan fingerprint density at radius 3 is 2.12 bits per heavy atom. The number of rotatable bonds is 1. The molecule has 0 radical (unpaired) electrons. The summed E-state index contributed by atoms with van der Waals surface area (Å²) in [7, 11) is 0. The van der Waals surface area contributed by atoms with Crippen molar-refractivity contribution in [1.82, 2.24) is 9.80 Å². The Hall–Kier alpha value is -1.79. The van der Waals surface area contributed by atoms with Crippen molar-refractivity contribution < 1.29 is 23.9 Å². The third kappa shape index (κ3) is 5.09. The zero-order valence-electron chi connectivity index (χ0n) is 16.1. The van der Waals surface area contributed by atoms with Gasteiger partial charge in [-0.15, -0.1) is 0 Å². The van der Waals surface area contributed by atoms with Crippen LogP contribution in [0.4, 0.5) is 9.59 Å². The van der Waals surface area contributed by atoms with Crippen LogP contribution in [-0.4, -0.2) is 58.2 Å². The summed E-state index contributed by atoms with van der Waals surface area (Å²) in [5.41, 5.74) is -1.20. The molecule has 2 rings (SSSR count). The van der Waals surface area contributed by atoms with Crippen LogP contribution < -0.4 is 0 Å². The lowest BCUT2D eigenvalue weighted by molar-refractivity contribution is -0.127. The van der Waals surface area contributed by atoms with Crippen LogP contribution in [0.5, 0.6) is 0 Å². The number of ether oxygens (including phenoxy) is 2. The van der Waals surface area contributed by atoms with E-state index in [0.717, 1.165) is 12.8 Å². The molecule has 2 saturated heterocycles. The molecule has 0 aromatic rings. The van der Waals surface area contributed by atoms with Crippen molar-refractivity contribution in [1.29, 1.82) is 0 Å². The largest absolute Gasteiger partial charge is 0.444 e. The molecule has 2 aliphatic rings. The Bertz CT molecular complexity index is 547. The van der Waals surface area contributed by atoms with Crippen molar-refractivity contribution >= 4 is 18.1 Å². The van der Waals surface area contributed by atoms with Crippen LogP contribution in [0.15, 0.2) is 0 Å². The first-order valence-corrected chi connectivity index (χ1v) is 8.90. The number of nitrogens with zero attached hydrogens (tertiary/aromatic N) is 2. The summed E-state index contributed by atoms with van der Waals surface area (Å²) in [6.07, 6.45) is 0.990. The summed E-state index contributed by atoms with van der Waals surface area (Å²) in [6.45, 7) is 11.7. The molecule has 7 heteroatoms. The highest BCUT2D eigenvalue weighted by Crippen LogP contribution is 2.32. The van der Waals surface area contributed by atoms with Crippen molar-refractivity contribution in [2.45, 2.75) is 78.0 Å². The third-order valence-corrected chi connectivity index (χ3v) is 4.24. The molecule has 2 fully saturated rings. The maximum Gasteiger partial charge on any atom is 0.417 e. The number of hydrogen-bond acceptors (Lipinski definition) is 5. The molecule has 2 heterocycles. The Kier molecular flexibility index (Phi) is 5.35. The second-order valence-electron chi connectivity index (χ2n) is 8.83. The zero-order chi connectivity index (χ0) is 19.0. The smallest absolute Gasteiger partial charge is 0.417 e. The van der Waals surface area contributed by atoms with Gasteiger partial charge in [-0.2, -0.15) is 0 Å². The first-order valence-electron chi connectivity index (χ1n) is 8.90. The van der Waals surface area contributed by atoms with Gasteiger partial charge in [0, 0.05) is 31.5 Å². The van der Waals surface area contributed by atoms with Crippen molar-refractivity contribution in [2.75, 3.05) is 13.1 Å². The highest BCUT2D eigenvalue weighted by molar-refractivity contribution is 5.94. The van der Waals surface area contributed by atoms with Gasteiger partial charge in [0.25, 0.3) is 0 Å². The first kappa shape index (κ1) is 19.5. The van der Waals surface area contributed by atoms with Gasteiger partial charge in [0.15, 0.2) is 0 Å². The van der Waals surface area contributed by atoms with E-state index >= 15 is 0 Å². The van der Waals surface area contributed by atoms with Gasteiger partial charge in [-0.3, -0.25) is 4.79 Å². The predicted molar refractivity (Wildman–Crippen MR) is 92.0 cm³/mol. The Labute approximate surface area is 149 Å². The van der Waals surface area contributed by atoms with E-state index in [0.29, 0.717) is 6.54 Å². The van der Waals surface area contributed by atoms with Crippen LogP contribution >= 0.6 is 0 Å². The van der Waals surface area contributed by atoms with Crippen molar-refractivity contribution in [3.8, 4) is 0 Å². The van der Waals surface area contributed by atoms with E-state index in [-0.39, 0.29) is 36.9 Å². The van der Waals surface area contributed by atoms with Gasteiger partial charge < -0.3 is 14.4 Å². The summed E-state index contributed by atoms with van der Waals surface area (Å²) in [5.74, 6) is -0.315. The maximum absolute atomic E-state index is 12.4. The summed E-state index contributed by atoms with van der Waals surface area (Å²) < 4.78 is 10.8. The highest BCUT2D eigenvalue weighted by Gasteiger charge is 2.44. The van der Waals surface area contributed by atoms with Crippen molar-refractivity contribution in [3.63, 3.8) is 0 Å². The minimum Gasteiger partial charge on any atom is -0.444 e. The molecule has 2 atom stereocenters. The van der Waals surface area contributed by atoms with E-state index < -0.39 is 17.3 Å². The SMILES string of the molecule is CC(C)(C)OC(=O)N1CC(C2CCCN2C(=O)OC(C)(C)C)CC1=O. The van der Waals surface area contributed by atoms with Crippen LogP contribution in [0, 0.1) is 5.92 Å². The summed E-state index contributed by atoms with van der Waals surface area (Å²) in [5, 5.41) is 0. The number of imide groups is 1. The molecule has 0 saturated carbocycles. The van der Waals surface area contributed by atoms with Gasteiger partial charge >= 0.3 is 12.2 Å². The molecule has 2 aliphatic heterocycles. The lowest BCUT2D eigenvalue weighted by Crippen LogP contribution is -2.44. The molecule has 142 valence electrons. The van der Waals surface area contributed by atoms with Crippen molar-refractivity contribution in [2.24, 2.45) is 5.92 Å². The van der Waals surface area contributed by atoms with Crippen molar-refractivity contribution in [3.05, 3.63) is 0 Å². The lowest BCUT2D eigenvalue weighted by Gasteiger charge is -2.31. The fourth-order valence-corrected chi connectivity index (χ4v) is 3.32. The molecule has 0 aliphatic carbocycles. The first-order chi connectivity index (χ1) is 11.4. The van der Waals surface area contributed by atoms with Crippen LogP contribution in [0.2, 0.25) is 0 Å².